The van der Waals surface area contributed by atoms with Crippen LogP contribution in [0.1, 0.15) is 32.1 Å². The van der Waals surface area contributed by atoms with Gasteiger partial charge in [0.25, 0.3) is 0 Å². The van der Waals surface area contributed by atoms with Crippen molar-refractivity contribution in [2.24, 2.45) is 5.92 Å². The molecule has 3 aliphatic heterocycles. The van der Waals surface area contributed by atoms with Crippen LogP contribution in [0.3, 0.4) is 0 Å². The molecule has 3 aliphatic rings. The number of carbonyl (C=O) groups excluding carboxylic acids is 2. The minimum Gasteiger partial charge on any atom is -0.316 e. The maximum atomic E-state index is 12.4. The Morgan fingerprint density at radius 1 is 1.31 bits per heavy atom. The van der Waals surface area contributed by atoms with Gasteiger partial charge in [-0.3, -0.25) is 14.8 Å². The van der Waals surface area contributed by atoms with Gasteiger partial charge in [0, 0.05) is 13.1 Å². The second kappa shape index (κ2) is 7.47. The zero-order valence-corrected chi connectivity index (χ0v) is 15.0. The van der Waals surface area contributed by atoms with E-state index in [1.807, 2.05) is 0 Å². The molecule has 0 aromatic rings. The molecule has 2 bridgehead atoms. The Morgan fingerprint density at radius 2 is 2.08 bits per heavy atom. The van der Waals surface area contributed by atoms with Crippen LogP contribution in [0.5, 0.6) is 0 Å². The van der Waals surface area contributed by atoms with Gasteiger partial charge in [-0.05, 0) is 32.2 Å². The summed E-state index contributed by atoms with van der Waals surface area (Å²) in [5.41, 5.74) is 0. The number of hydrogen-bond acceptors (Lipinski definition) is 7. The van der Waals surface area contributed by atoms with Crippen LogP contribution in [0, 0.1) is 11.3 Å². The monoisotopic (exact) mass is 389 g/mol. The minimum absolute atomic E-state index is 0.0836. The van der Waals surface area contributed by atoms with Crippen molar-refractivity contribution in [2.75, 3.05) is 19.6 Å². The quantitative estimate of drug-likeness (QED) is 0.286. The van der Waals surface area contributed by atoms with Crippen molar-refractivity contribution in [3.63, 3.8) is 0 Å². The lowest BCUT2D eigenvalue weighted by Crippen LogP contribution is -2.52. The number of hydroxylamine groups is 2. The highest BCUT2D eigenvalue weighted by Crippen LogP contribution is 2.30. The molecule has 0 radical (unpaired) electrons. The summed E-state index contributed by atoms with van der Waals surface area (Å²) in [7, 11) is -4.81. The Balaban J connectivity index is 1.62. The zero-order valence-electron chi connectivity index (χ0n) is 14.2. The van der Waals surface area contributed by atoms with Crippen LogP contribution in [0.15, 0.2) is 0 Å². The molecule has 0 aromatic heterocycles. The fourth-order valence-electron chi connectivity index (χ4n) is 3.69. The van der Waals surface area contributed by atoms with Crippen LogP contribution < -0.4 is 10.6 Å². The van der Waals surface area contributed by atoms with Gasteiger partial charge >= 0.3 is 16.4 Å². The lowest BCUT2D eigenvalue weighted by Gasteiger charge is -2.31. The zero-order chi connectivity index (χ0) is 18.9. The van der Waals surface area contributed by atoms with Crippen LogP contribution >= 0.6 is 0 Å². The van der Waals surface area contributed by atoms with Crippen LogP contribution in [0.25, 0.3) is 0 Å². The molecule has 12 heteroatoms. The summed E-state index contributed by atoms with van der Waals surface area (Å²) < 4.78 is 35.0. The maximum absolute atomic E-state index is 12.4. The number of fused-ring (bicyclic) bond motifs is 2. The number of amides is 3. The average molecular weight is 389 g/mol. The van der Waals surface area contributed by atoms with Gasteiger partial charge in [0.15, 0.2) is 0 Å². The molecule has 1 unspecified atom stereocenters. The van der Waals surface area contributed by atoms with Crippen molar-refractivity contribution >= 4 is 28.2 Å². The summed E-state index contributed by atoms with van der Waals surface area (Å²) in [5, 5.41) is 14.6. The van der Waals surface area contributed by atoms with Crippen molar-refractivity contribution in [2.45, 2.75) is 44.2 Å². The van der Waals surface area contributed by atoms with Gasteiger partial charge < -0.3 is 15.5 Å². The highest BCUT2D eigenvalue weighted by atomic mass is 32.3. The van der Waals surface area contributed by atoms with Gasteiger partial charge in [0.2, 0.25) is 5.91 Å². The summed E-state index contributed by atoms with van der Waals surface area (Å²) in [6, 6.07) is -1.92. The van der Waals surface area contributed by atoms with E-state index in [1.54, 1.807) is 0 Å². The van der Waals surface area contributed by atoms with Crippen molar-refractivity contribution in [3.8, 4) is 0 Å². The second-order valence-electron chi connectivity index (χ2n) is 6.81. The number of piperidine rings is 1. The molecule has 0 saturated carbocycles. The van der Waals surface area contributed by atoms with E-state index >= 15 is 0 Å². The standard InChI is InChI=1S/C14H23N5O6S/c15-12(17-13(20)9-3-1-2-6-16-7-9)11-5-4-10-8-18(11)14(21)19(10)25-26(22,23)24/h9-11,16H,1-8H2,(H2,15,17,20)(H,22,23,24)/t9?,10-,11+/m1/s1. The number of carbonyl (C=O) groups is 2. The molecule has 3 atom stereocenters. The molecule has 3 rings (SSSR count). The summed E-state index contributed by atoms with van der Waals surface area (Å²) in [4.78, 5) is 26.0. The van der Waals surface area contributed by atoms with E-state index in [4.69, 9.17) is 9.96 Å². The van der Waals surface area contributed by atoms with Gasteiger partial charge in [-0.15, -0.1) is 4.28 Å². The van der Waals surface area contributed by atoms with Crippen molar-refractivity contribution in [1.29, 1.82) is 5.41 Å². The molecule has 3 fully saturated rings. The SMILES string of the molecule is N=C(NC(=O)C1CCCCNC1)[C@@H]1CC[C@@H]2CN1C(=O)N2OS(=O)(=O)O. The molecular formula is C14H23N5O6S. The van der Waals surface area contributed by atoms with E-state index in [9.17, 15) is 18.0 Å². The number of hydrogen-bond donors (Lipinski definition) is 4. The van der Waals surface area contributed by atoms with Gasteiger partial charge in [0.1, 0.15) is 5.84 Å². The highest BCUT2D eigenvalue weighted by molar-refractivity contribution is 7.80. The predicted octanol–water partition coefficient (Wildman–Crippen LogP) is -0.527. The highest BCUT2D eigenvalue weighted by Gasteiger charge is 2.48. The predicted molar refractivity (Wildman–Crippen MR) is 89.5 cm³/mol. The van der Waals surface area contributed by atoms with Gasteiger partial charge in [-0.1, -0.05) is 6.42 Å². The maximum Gasteiger partial charge on any atom is 0.418 e. The lowest BCUT2D eigenvalue weighted by atomic mass is 9.98. The molecule has 3 heterocycles. The largest absolute Gasteiger partial charge is 0.418 e. The summed E-state index contributed by atoms with van der Waals surface area (Å²) >= 11 is 0. The summed E-state index contributed by atoms with van der Waals surface area (Å²) in [6.07, 6.45) is 3.49. The lowest BCUT2D eigenvalue weighted by molar-refractivity contribution is -0.123. The number of amidine groups is 1. The van der Waals surface area contributed by atoms with E-state index in [0.717, 1.165) is 25.8 Å². The summed E-state index contributed by atoms with van der Waals surface area (Å²) in [5.74, 6) is -0.549. The van der Waals surface area contributed by atoms with Crippen LogP contribution in [-0.2, 0) is 19.5 Å². The molecule has 3 amide bonds. The number of nitrogens with one attached hydrogen (secondary N) is 3. The van der Waals surface area contributed by atoms with E-state index in [1.165, 1.54) is 4.90 Å². The smallest absolute Gasteiger partial charge is 0.316 e. The summed E-state index contributed by atoms with van der Waals surface area (Å²) in [6.45, 7) is 1.60. The third-order valence-electron chi connectivity index (χ3n) is 5.01. The normalized spacial score (nSPS) is 29.4. The van der Waals surface area contributed by atoms with Crippen LogP contribution in [0.4, 0.5) is 4.79 Å². The Labute approximate surface area is 151 Å². The topological polar surface area (TPSA) is 152 Å². The molecule has 3 saturated heterocycles. The van der Waals surface area contributed by atoms with Gasteiger partial charge in [-0.25, -0.2) is 4.79 Å². The van der Waals surface area contributed by atoms with Crippen molar-refractivity contribution < 1.29 is 26.8 Å². The Kier molecular flexibility index (Phi) is 5.46. The van der Waals surface area contributed by atoms with E-state index < -0.39 is 28.5 Å². The molecular weight excluding hydrogens is 366 g/mol. The first-order valence-corrected chi connectivity index (χ1v) is 9.99. The Bertz CT molecular complexity index is 690. The molecule has 0 spiro atoms. The van der Waals surface area contributed by atoms with Gasteiger partial charge in [0.05, 0.1) is 18.0 Å². The van der Waals surface area contributed by atoms with E-state index in [2.05, 4.69) is 14.9 Å². The Morgan fingerprint density at radius 3 is 2.81 bits per heavy atom. The average Bonchev–Trinajstić information content (AvgIpc) is 2.79. The first kappa shape index (κ1) is 19.0. The Hall–Kier alpha value is -1.76. The first-order valence-electron chi connectivity index (χ1n) is 8.63. The second-order valence-corrected chi connectivity index (χ2v) is 7.81. The third kappa shape index (κ3) is 4.14. The number of urea groups is 1. The van der Waals surface area contributed by atoms with Crippen LogP contribution in [0.2, 0.25) is 0 Å². The third-order valence-corrected chi connectivity index (χ3v) is 5.36. The van der Waals surface area contributed by atoms with Crippen LogP contribution in [-0.4, -0.2) is 72.4 Å². The van der Waals surface area contributed by atoms with Crippen molar-refractivity contribution in [1.82, 2.24) is 20.6 Å². The van der Waals surface area contributed by atoms with Gasteiger partial charge in [-0.2, -0.15) is 13.5 Å². The van der Waals surface area contributed by atoms with E-state index in [0.29, 0.717) is 24.4 Å². The fraction of sp³-hybridized carbons (Fsp3) is 0.786. The minimum atomic E-state index is -4.81. The molecule has 146 valence electrons. The van der Waals surface area contributed by atoms with E-state index in [-0.39, 0.29) is 24.2 Å². The molecule has 11 nitrogen and oxygen atoms in total. The van der Waals surface area contributed by atoms with Crippen molar-refractivity contribution in [3.05, 3.63) is 0 Å². The molecule has 0 aliphatic carbocycles. The fourth-order valence-corrected chi connectivity index (χ4v) is 4.08. The molecule has 0 aromatic carbocycles. The number of nitrogens with zero attached hydrogens (tertiary/aromatic N) is 2. The molecule has 4 N–H and O–H groups in total. The molecule has 26 heavy (non-hydrogen) atoms. The first-order chi connectivity index (χ1) is 12.3. The number of rotatable bonds is 4.